The predicted molar refractivity (Wildman–Crippen MR) is 67.0 cm³/mol. The Morgan fingerprint density at radius 3 is 2.65 bits per heavy atom. The molecular formula is C11H14ClN3O2. The normalized spacial score (nSPS) is 11.7. The average Bonchev–Trinajstić information content (AvgIpc) is 2.23. The second-order valence-corrected chi connectivity index (χ2v) is 4.04. The number of carbonyl (C=O) groups is 2. The summed E-state index contributed by atoms with van der Waals surface area (Å²) in [6.45, 7) is 3.34. The molecule has 0 aliphatic carbocycles. The molecule has 1 unspecified atom stereocenters. The number of benzene rings is 1. The van der Waals surface area contributed by atoms with E-state index in [2.05, 4.69) is 10.6 Å². The molecule has 0 saturated carbocycles. The molecule has 0 heterocycles. The van der Waals surface area contributed by atoms with Crippen LogP contribution >= 0.6 is 11.6 Å². The van der Waals surface area contributed by atoms with E-state index in [0.717, 1.165) is 5.56 Å². The van der Waals surface area contributed by atoms with E-state index in [1.807, 2.05) is 0 Å². The van der Waals surface area contributed by atoms with Gasteiger partial charge in [0.05, 0.1) is 0 Å². The maximum absolute atomic E-state index is 11.7. The fourth-order valence-corrected chi connectivity index (χ4v) is 1.44. The highest BCUT2D eigenvalue weighted by Gasteiger charge is 2.15. The molecule has 1 aromatic carbocycles. The number of hydrogen-bond donors (Lipinski definition) is 3. The first kappa shape index (κ1) is 13.3. The third-order valence-electron chi connectivity index (χ3n) is 2.28. The molecule has 5 nitrogen and oxygen atoms in total. The zero-order chi connectivity index (χ0) is 13.0. The van der Waals surface area contributed by atoms with Crippen LogP contribution in [0.4, 0.5) is 10.5 Å². The molecule has 3 amide bonds. The molecule has 0 saturated heterocycles. The number of primary amides is 1. The second kappa shape index (κ2) is 5.54. The average molecular weight is 256 g/mol. The SMILES string of the molecule is Cc1c(Cl)cccc1NC(=O)C(C)NC(N)=O. The molecule has 1 aromatic rings. The number of amides is 3. The number of urea groups is 1. The van der Waals surface area contributed by atoms with Crippen molar-refractivity contribution in [3.05, 3.63) is 28.8 Å². The quantitative estimate of drug-likeness (QED) is 0.767. The Labute approximate surface area is 104 Å². The van der Waals surface area contributed by atoms with Crippen LogP contribution in [-0.4, -0.2) is 18.0 Å². The zero-order valence-corrected chi connectivity index (χ0v) is 10.3. The fourth-order valence-electron chi connectivity index (χ4n) is 1.26. The van der Waals surface area contributed by atoms with Crippen LogP contribution in [0.25, 0.3) is 0 Å². The van der Waals surface area contributed by atoms with Gasteiger partial charge in [-0.3, -0.25) is 4.79 Å². The van der Waals surface area contributed by atoms with Crippen LogP contribution in [-0.2, 0) is 4.79 Å². The van der Waals surface area contributed by atoms with Gasteiger partial charge in [0.1, 0.15) is 6.04 Å². The van der Waals surface area contributed by atoms with Gasteiger partial charge in [-0.25, -0.2) is 4.79 Å². The zero-order valence-electron chi connectivity index (χ0n) is 9.58. The minimum Gasteiger partial charge on any atom is -0.352 e. The lowest BCUT2D eigenvalue weighted by molar-refractivity contribution is -0.117. The van der Waals surface area contributed by atoms with E-state index in [-0.39, 0.29) is 5.91 Å². The lowest BCUT2D eigenvalue weighted by atomic mass is 10.2. The minimum absolute atomic E-state index is 0.353. The number of halogens is 1. The lowest BCUT2D eigenvalue weighted by Gasteiger charge is -2.14. The molecule has 0 radical (unpaired) electrons. The van der Waals surface area contributed by atoms with Gasteiger partial charge >= 0.3 is 6.03 Å². The molecular weight excluding hydrogens is 242 g/mol. The number of carbonyl (C=O) groups excluding carboxylic acids is 2. The Bertz CT molecular complexity index is 448. The number of anilines is 1. The minimum atomic E-state index is -0.740. The van der Waals surface area contributed by atoms with Gasteiger partial charge in [0.15, 0.2) is 0 Å². The van der Waals surface area contributed by atoms with E-state index in [4.69, 9.17) is 17.3 Å². The Balaban J connectivity index is 2.74. The smallest absolute Gasteiger partial charge is 0.312 e. The summed E-state index contributed by atoms with van der Waals surface area (Å²) in [5, 5.41) is 5.52. The van der Waals surface area contributed by atoms with E-state index < -0.39 is 12.1 Å². The topological polar surface area (TPSA) is 84.2 Å². The van der Waals surface area contributed by atoms with Gasteiger partial charge in [-0.05, 0) is 31.5 Å². The van der Waals surface area contributed by atoms with Crippen LogP contribution in [0.1, 0.15) is 12.5 Å². The Hall–Kier alpha value is -1.75. The molecule has 0 fully saturated rings. The third-order valence-corrected chi connectivity index (χ3v) is 2.69. The summed E-state index contributed by atoms with van der Waals surface area (Å²) in [6, 6.07) is 3.76. The number of nitrogens with one attached hydrogen (secondary N) is 2. The standard InChI is InChI=1S/C11H14ClN3O2/c1-6-8(12)4-3-5-9(6)15-10(16)7(2)14-11(13)17/h3-5,7H,1-2H3,(H,15,16)(H3,13,14,17). The van der Waals surface area contributed by atoms with Crippen LogP contribution in [0.2, 0.25) is 5.02 Å². The molecule has 0 bridgehead atoms. The molecule has 0 aliphatic heterocycles. The van der Waals surface area contributed by atoms with Crippen LogP contribution in [0.5, 0.6) is 0 Å². The first-order valence-electron chi connectivity index (χ1n) is 5.03. The Morgan fingerprint density at radius 1 is 1.41 bits per heavy atom. The molecule has 1 atom stereocenters. The predicted octanol–water partition coefficient (Wildman–Crippen LogP) is 1.64. The highest BCUT2D eigenvalue weighted by Crippen LogP contribution is 2.22. The number of hydrogen-bond acceptors (Lipinski definition) is 2. The molecule has 1 rings (SSSR count). The summed E-state index contributed by atoms with van der Waals surface area (Å²) in [6.07, 6.45) is 0. The van der Waals surface area contributed by atoms with Crippen molar-refractivity contribution >= 4 is 29.2 Å². The van der Waals surface area contributed by atoms with Gasteiger partial charge in [-0.15, -0.1) is 0 Å². The van der Waals surface area contributed by atoms with E-state index in [1.165, 1.54) is 0 Å². The fraction of sp³-hybridized carbons (Fsp3) is 0.273. The van der Waals surface area contributed by atoms with Crippen molar-refractivity contribution in [1.82, 2.24) is 5.32 Å². The summed E-state index contributed by atoms with van der Waals surface area (Å²) in [7, 11) is 0. The molecule has 92 valence electrons. The molecule has 4 N–H and O–H groups in total. The van der Waals surface area contributed by atoms with Crippen LogP contribution in [0.15, 0.2) is 18.2 Å². The summed E-state index contributed by atoms with van der Waals surface area (Å²) >= 11 is 5.92. The van der Waals surface area contributed by atoms with Gasteiger partial charge in [0.25, 0.3) is 0 Å². The lowest BCUT2D eigenvalue weighted by Crippen LogP contribution is -2.44. The van der Waals surface area contributed by atoms with E-state index in [9.17, 15) is 9.59 Å². The van der Waals surface area contributed by atoms with Crippen molar-refractivity contribution in [1.29, 1.82) is 0 Å². The summed E-state index contributed by atoms with van der Waals surface area (Å²) < 4.78 is 0. The number of rotatable bonds is 3. The van der Waals surface area contributed by atoms with Crippen LogP contribution in [0.3, 0.4) is 0 Å². The van der Waals surface area contributed by atoms with E-state index in [0.29, 0.717) is 10.7 Å². The van der Waals surface area contributed by atoms with Gasteiger partial charge in [-0.1, -0.05) is 17.7 Å². The van der Waals surface area contributed by atoms with Crippen molar-refractivity contribution < 1.29 is 9.59 Å². The Kier molecular flexibility index (Phi) is 4.34. The van der Waals surface area contributed by atoms with E-state index in [1.54, 1.807) is 32.0 Å². The molecule has 0 aromatic heterocycles. The molecule has 6 heteroatoms. The molecule has 0 aliphatic rings. The first-order chi connectivity index (χ1) is 7.91. The van der Waals surface area contributed by atoms with Crippen molar-refractivity contribution in [2.24, 2.45) is 5.73 Å². The monoisotopic (exact) mass is 255 g/mol. The van der Waals surface area contributed by atoms with Gasteiger partial charge in [0.2, 0.25) is 5.91 Å². The van der Waals surface area contributed by atoms with Gasteiger partial charge in [-0.2, -0.15) is 0 Å². The summed E-state index contributed by atoms with van der Waals surface area (Å²) in [4.78, 5) is 22.3. The summed E-state index contributed by atoms with van der Waals surface area (Å²) in [5.41, 5.74) is 6.31. The maximum Gasteiger partial charge on any atom is 0.312 e. The molecule has 17 heavy (non-hydrogen) atoms. The summed E-state index contributed by atoms with van der Waals surface area (Å²) in [5.74, 6) is -0.353. The highest BCUT2D eigenvalue weighted by atomic mass is 35.5. The van der Waals surface area contributed by atoms with Crippen molar-refractivity contribution in [2.75, 3.05) is 5.32 Å². The first-order valence-corrected chi connectivity index (χ1v) is 5.41. The van der Waals surface area contributed by atoms with Crippen LogP contribution in [0, 0.1) is 6.92 Å². The molecule has 0 spiro atoms. The maximum atomic E-state index is 11.7. The third kappa shape index (κ3) is 3.64. The second-order valence-electron chi connectivity index (χ2n) is 3.63. The van der Waals surface area contributed by atoms with E-state index >= 15 is 0 Å². The number of nitrogens with two attached hydrogens (primary N) is 1. The Morgan fingerprint density at radius 2 is 2.06 bits per heavy atom. The van der Waals surface area contributed by atoms with Crippen LogP contribution < -0.4 is 16.4 Å². The van der Waals surface area contributed by atoms with Gasteiger partial charge < -0.3 is 16.4 Å². The largest absolute Gasteiger partial charge is 0.352 e. The highest BCUT2D eigenvalue weighted by molar-refractivity contribution is 6.31. The van der Waals surface area contributed by atoms with Gasteiger partial charge in [0, 0.05) is 10.7 Å². The van der Waals surface area contributed by atoms with Crippen molar-refractivity contribution in [3.8, 4) is 0 Å². The van der Waals surface area contributed by atoms with Crippen molar-refractivity contribution in [3.63, 3.8) is 0 Å². The van der Waals surface area contributed by atoms with Crippen molar-refractivity contribution in [2.45, 2.75) is 19.9 Å².